The van der Waals surface area contributed by atoms with E-state index in [0.717, 1.165) is 28.6 Å². The second-order valence-corrected chi connectivity index (χ2v) is 7.86. The number of fused-ring (bicyclic) bond motifs is 1. The first-order chi connectivity index (χ1) is 12.7. The summed E-state index contributed by atoms with van der Waals surface area (Å²) in [5.41, 5.74) is 1.83. The second kappa shape index (κ2) is 7.54. The largest absolute Gasteiger partial charge is 0.340 e. The summed E-state index contributed by atoms with van der Waals surface area (Å²) in [5.74, 6) is 0.807. The maximum Gasteiger partial charge on any atom is 0.242 e. The van der Waals surface area contributed by atoms with Crippen molar-refractivity contribution in [2.75, 3.05) is 18.8 Å². The third kappa shape index (κ3) is 3.49. The van der Waals surface area contributed by atoms with Crippen molar-refractivity contribution in [2.24, 2.45) is 0 Å². The Balaban J connectivity index is 1.44. The monoisotopic (exact) mass is 368 g/mol. The van der Waals surface area contributed by atoms with Gasteiger partial charge in [-0.05, 0) is 30.0 Å². The van der Waals surface area contributed by atoms with Gasteiger partial charge in [-0.3, -0.25) is 4.79 Å². The molecule has 1 atom stereocenters. The summed E-state index contributed by atoms with van der Waals surface area (Å²) in [5, 5.41) is 1.26. The minimum absolute atomic E-state index is 0.112. The van der Waals surface area contributed by atoms with Gasteiger partial charge >= 0.3 is 0 Å². The molecule has 134 valence electrons. The molecule has 1 fully saturated rings. The van der Waals surface area contributed by atoms with E-state index in [0.29, 0.717) is 19.6 Å². The highest BCUT2D eigenvalue weighted by molar-refractivity contribution is 7.99. The highest BCUT2D eigenvalue weighted by Gasteiger charge is 2.23. The van der Waals surface area contributed by atoms with E-state index in [-0.39, 0.29) is 17.0 Å². The Labute approximate surface area is 156 Å². The van der Waals surface area contributed by atoms with Crippen molar-refractivity contribution in [2.45, 2.75) is 18.2 Å². The average Bonchev–Trinajstić information content (AvgIpc) is 2.90. The average molecular weight is 368 g/mol. The van der Waals surface area contributed by atoms with Crippen LogP contribution in [-0.2, 0) is 11.3 Å². The van der Waals surface area contributed by atoms with Crippen LogP contribution in [0.1, 0.15) is 17.2 Å². The molecule has 5 heteroatoms. The standard InChI is InChI=1S/C21H21FN2OS/c22-18-7-3-2-6-17(18)20-10-12-23(13-14-26-20)21(25)15-24-11-9-16-5-1-4-8-19(16)24/h1-9,11,20H,10,12-15H2/t20-/m0/s1. The number of carbonyl (C=O) groups is 1. The maximum atomic E-state index is 14.1. The van der Waals surface area contributed by atoms with Gasteiger partial charge < -0.3 is 9.47 Å². The number of hydrogen-bond acceptors (Lipinski definition) is 2. The number of benzene rings is 2. The van der Waals surface area contributed by atoms with Crippen LogP contribution in [0.5, 0.6) is 0 Å². The van der Waals surface area contributed by atoms with Crippen LogP contribution in [-0.4, -0.2) is 34.2 Å². The van der Waals surface area contributed by atoms with Crippen LogP contribution in [0, 0.1) is 5.82 Å². The minimum Gasteiger partial charge on any atom is -0.340 e. The molecule has 2 heterocycles. The van der Waals surface area contributed by atoms with Crippen LogP contribution in [0.2, 0.25) is 0 Å². The second-order valence-electron chi connectivity index (χ2n) is 6.55. The van der Waals surface area contributed by atoms with E-state index < -0.39 is 0 Å². The fourth-order valence-electron chi connectivity index (χ4n) is 3.53. The number of aromatic nitrogens is 1. The molecule has 0 N–H and O–H groups in total. The fourth-order valence-corrected chi connectivity index (χ4v) is 4.78. The van der Waals surface area contributed by atoms with Gasteiger partial charge in [0.2, 0.25) is 5.91 Å². The first-order valence-corrected chi connectivity index (χ1v) is 9.95. The number of halogens is 1. The Hall–Kier alpha value is -2.27. The van der Waals surface area contributed by atoms with E-state index in [4.69, 9.17) is 0 Å². The van der Waals surface area contributed by atoms with Crippen molar-refractivity contribution in [3.05, 3.63) is 72.2 Å². The molecule has 1 aliphatic rings. The molecule has 0 bridgehead atoms. The Kier molecular flexibility index (Phi) is 4.98. The molecule has 0 spiro atoms. The Morgan fingerprint density at radius 1 is 1.08 bits per heavy atom. The van der Waals surface area contributed by atoms with E-state index in [2.05, 4.69) is 6.07 Å². The quantitative estimate of drug-likeness (QED) is 0.681. The van der Waals surface area contributed by atoms with Crippen molar-refractivity contribution >= 4 is 28.6 Å². The zero-order valence-electron chi connectivity index (χ0n) is 14.5. The molecule has 1 aliphatic heterocycles. The van der Waals surface area contributed by atoms with Crippen LogP contribution in [0.15, 0.2) is 60.8 Å². The molecule has 4 rings (SSSR count). The molecular formula is C21H21FN2OS. The summed E-state index contributed by atoms with van der Waals surface area (Å²) in [4.78, 5) is 14.7. The Morgan fingerprint density at radius 3 is 2.77 bits per heavy atom. The first-order valence-electron chi connectivity index (χ1n) is 8.90. The molecule has 1 aromatic heterocycles. The molecule has 0 unspecified atom stereocenters. The number of para-hydroxylation sites is 1. The molecular weight excluding hydrogens is 347 g/mol. The molecule has 0 aliphatic carbocycles. The van der Waals surface area contributed by atoms with Gasteiger partial charge in [0.25, 0.3) is 0 Å². The summed E-state index contributed by atoms with van der Waals surface area (Å²) in [7, 11) is 0. The molecule has 3 aromatic rings. The van der Waals surface area contributed by atoms with Crippen LogP contribution in [0.4, 0.5) is 4.39 Å². The Bertz CT molecular complexity index is 923. The topological polar surface area (TPSA) is 25.2 Å². The third-order valence-electron chi connectivity index (χ3n) is 4.93. The lowest BCUT2D eigenvalue weighted by molar-refractivity contribution is -0.131. The Morgan fingerprint density at radius 2 is 1.88 bits per heavy atom. The van der Waals surface area contributed by atoms with Crippen molar-refractivity contribution in [3.8, 4) is 0 Å². The first kappa shape index (κ1) is 17.2. The van der Waals surface area contributed by atoms with Crippen molar-refractivity contribution in [3.63, 3.8) is 0 Å². The van der Waals surface area contributed by atoms with Crippen LogP contribution in [0.3, 0.4) is 0 Å². The van der Waals surface area contributed by atoms with Crippen LogP contribution < -0.4 is 0 Å². The summed E-state index contributed by atoms with van der Waals surface area (Å²) in [6, 6.07) is 17.1. The van der Waals surface area contributed by atoms with E-state index in [9.17, 15) is 9.18 Å². The molecule has 26 heavy (non-hydrogen) atoms. The van der Waals surface area contributed by atoms with Crippen molar-refractivity contribution < 1.29 is 9.18 Å². The van der Waals surface area contributed by atoms with Gasteiger partial charge in [-0.2, -0.15) is 11.8 Å². The smallest absolute Gasteiger partial charge is 0.242 e. The zero-order valence-corrected chi connectivity index (χ0v) is 15.3. The van der Waals surface area contributed by atoms with Crippen LogP contribution >= 0.6 is 11.8 Å². The maximum absolute atomic E-state index is 14.1. The lowest BCUT2D eigenvalue weighted by Gasteiger charge is -2.21. The molecule has 0 saturated carbocycles. The number of nitrogens with zero attached hydrogens (tertiary/aromatic N) is 2. The zero-order chi connectivity index (χ0) is 17.9. The number of amides is 1. The summed E-state index contributed by atoms with van der Waals surface area (Å²) < 4.78 is 16.1. The van der Waals surface area contributed by atoms with E-state index in [1.165, 1.54) is 6.07 Å². The fraction of sp³-hybridized carbons (Fsp3) is 0.286. The SMILES string of the molecule is O=C(Cn1ccc2ccccc21)N1CCS[C@H](c2ccccc2F)CC1. The molecule has 1 saturated heterocycles. The number of rotatable bonds is 3. The van der Waals surface area contributed by atoms with Gasteiger partial charge in [0.05, 0.1) is 0 Å². The normalized spacial score (nSPS) is 18.0. The lowest BCUT2D eigenvalue weighted by Crippen LogP contribution is -2.35. The van der Waals surface area contributed by atoms with E-state index in [1.54, 1.807) is 17.8 Å². The van der Waals surface area contributed by atoms with Gasteiger partial charge in [0, 0.05) is 41.4 Å². The van der Waals surface area contributed by atoms with Crippen molar-refractivity contribution in [1.82, 2.24) is 9.47 Å². The number of thioether (sulfide) groups is 1. The summed E-state index contributed by atoms with van der Waals surface area (Å²) in [6.45, 7) is 1.74. The van der Waals surface area contributed by atoms with Gasteiger partial charge in [-0.1, -0.05) is 36.4 Å². The third-order valence-corrected chi connectivity index (χ3v) is 6.24. The van der Waals surface area contributed by atoms with Crippen molar-refractivity contribution in [1.29, 1.82) is 0 Å². The van der Waals surface area contributed by atoms with Crippen LogP contribution in [0.25, 0.3) is 10.9 Å². The molecule has 0 radical (unpaired) electrons. The lowest BCUT2D eigenvalue weighted by atomic mass is 10.1. The summed E-state index contributed by atoms with van der Waals surface area (Å²) >= 11 is 1.74. The van der Waals surface area contributed by atoms with Gasteiger partial charge in [0.1, 0.15) is 12.4 Å². The highest BCUT2D eigenvalue weighted by Crippen LogP contribution is 2.35. The highest BCUT2D eigenvalue weighted by atomic mass is 32.2. The predicted octanol–water partition coefficient (Wildman–Crippen LogP) is 4.49. The molecule has 1 amide bonds. The molecule has 3 nitrogen and oxygen atoms in total. The van der Waals surface area contributed by atoms with E-state index in [1.807, 2.05) is 52.1 Å². The number of hydrogen-bond donors (Lipinski definition) is 0. The predicted molar refractivity (Wildman–Crippen MR) is 105 cm³/mol. The van der Waals surface area contributed by atoms with Gasteiger partial charge in [-0.25, -0.2) is 4.39 Å². The van der Waals surface area contributed by atoms with Gasteiger partial charge in [-0.15, -0.1) is 0 Å². The van der Waals surface area contributed by atoms with Gasteiger partial charge in [0.15, 0.2) is 0 Å². The number of carbonyl (C=O) groups excluding carboxylic acids is 1. The molecule has 2 aromatic carbocycles. The minimum atomic E-state index is -0.149. The van der Waals surface area contributed by atoms with E-state index >= 15 is 0 Å². The summed E-state index contributed by atoms with van der Waals surface area (Å²) in [6.07, 6.45) is 2.75.